The average Bonchev–Trinajstić information content (AvgIpc) is 2.34. The summed E-state index contributed by atoms with van der Waals surface area (Å²) in [4.78, 5) is 33.3. The largest absolute Gasteiger partial charge is 0.511 e. The van der Waals surface area contributed by atoms with Gasteiger partial charge in [0, 0.05) is 22.0 Å². The quantitative estimate of drug-likeness (QED) is 0.515. The Bertz CT molecular complexity index is 613. The fourth-order valence-corrected chi connectivity index (χ4v) is 2.75. The average molecular weight is 338 g/mol. The highest BCUT2D eigenvalue weighted by Crippen LogP contribution is 2.42. The van der Waals surface area contributed by atoms with E-state index in [2.05, 4.69) is 0 Å². The van der Waals surface area contributed by atoms with Gasteiger partial charge >= 0.3 is 18.1 Å². The normalized spacial score (nSPS) is 11.8. The van der Waals surface area contributed by atoms with E-state index in [1.165, 1.54) is 0 Å². The molecule has 0 unspecified atom stereocenters. The molecule has 0 aliphatic carbocycles. The van der Waals surface area contributed by atoms with Gasteiger partial charge in [-0.05, 0) is 0 Å². The minimum Gasteiger partial charge on any atom is -0.481 e. The minimum absolute atomic E-state index is 0.00231. The number of hydrogen-bond donors (Lipinski definition) is 3. The van der Waals surface area contributed by atoms with Gasteiger partial charge in [-0.3, -0.25) is 9.59 Å². The predicted octanol–water partition coefficient (Wildman–Crippen LogP) is 3.25. The van der Waals surface area contributed by atoms with Crippen LogP contribution in [0.3, 0.4) is 0 Å². The van der Waals surface area contributed by atoms with Gasteiger partial charge in [-0.2, -0.15) is 0 Å². The molecule has 1 aromatic carbocycles. The van der Waals surface area contributed by atoms with Gasteiger partial charge in [0.1, 0.15) is 5.75 Å². The molecule has 3 N–H and O–H groups in total. The number of benzene rings is 1. The van der Waals surface area contributed by atoms with Gasteiger partial charge in [-0.1, -0.05) is 45.9 Å². The Hall–Kier alpha value is -2.57. The lowest BCUT2D eigenvalue weighted by molar-refractivity contribution is -0.139. The van der Waals surface area contributed by atoms with Crippen LogP contribution in [0.25, 0.3) is 0 Å². The molecular formula is C17H22O7. The molecule has 0 saturated heterocycles. The van der Waals surface area contributed by atoms with Gasteiger partial charge in [-0.15, -0.1) is 0 Å². The number of ether oxygens (including phenoxy) is 1. The molecule has 7 heteroatoms. The molecule has 1 aromatic rings. The lowest BCUT2D eigenvalue weighted by Gasteiger charge is -2.31. The van der Waals surface area contributed by atoms with E-state index in [0.29, 0.717) is 11.1 Å². The third kappa shape index (κ3) is 4.71. The standard InChI is InChI=1S/C17H22O7/c1-16(2,8-12(18)19)10-6-5-7-11(14(10)24-15(22)23)17(3,4)9-13(20)21/h5-7H,8-9H2,1-4H3,(H,18,19)(H,20,21)(H,22,23). The second kappa shape index (κ2) is 6.90. The first kappa shape index (κ1) is 19.5. The van der Waals surface area contributed by atoms with Crippen LogP contribution >= 0.6 is 0 Å². The summed E-state index contributed by atoms with van der Waals surface area (Å²) in [5.41, 5.74) is -0.982. The van der Waals surface area contributed by atoms with Crippen molar-refractivity contribution in [1.29, 1.82) is 0 Å². The molecule has 0 fully saturated rings. The molecule has 0 atom stereocenters. The van der Waals surface area contributed by atoms with E-state index in [9.17, 15) is 14.4 Å². The number of carboxylic acid groups (broad SMARTS) is 3. The molecule has 0 heterocycles. The Labute approximate surface area is 139 Å². The van der Waals surface area contributed by atoms with Crippen LogP contribution in [-0.2, 0) is 20.4 Å². The third-order valence-electron chi connectivity index (χ3n) is 3.85. The summed E-state index contributed by atoms with van der Waals surface area (Å²) in [6.07, 6.45) is -2.00. The first-order valence-corrected chi connectivity index (χ1v) is 7.35. The molecule has 132 valence electrons. The van der Waals surface area contributed by atoms with Crippen LogP contribution in [0.5, 0.6) is 5.75 Å². The summed E-state index contributed by atoms with van der Waals surface area (Å²) in [6, 6.07) is 4.84. The SMILES string of the molecule is CC(C)(CC(=O)O)c1cccc(C(C)(C)CC(=O)O)c1OC(=O)O. The van der Waals surface area contributed by atoms with Crippen molar-refractivity contribution in [2.75, 3.05) is 0 Å². The van der Waals surface area contributed by atoms with Crippen LogP contribution in [-0.4, -0.2) is 33.4 Å². The van der Waals surface area contributed by atoms with Crippen LogP contribution in [0.15, 0.2) is 18.2 Å². The fraction of sp³-hybridized carbons (Fsp3) is 0.471. The molecule has 1 rings (SSSR count). The number of hydrogen-bond acceptors (Lipinski definition) is 4. The van der Waals surface area contributed by atoms with Crippen molar-refractivity contribution in [2.45, 2.75) is 51.4 Å². The summed E-state index contributed by atoms with van der Waals surface area (Å²) in [7, 11) is 0. The lowest BCUT2D eigenvalue weighted by Crippen LogP contribution is -2.27. The molecule has 0 aromatic heterocycles. The second-order valence-corrected chi connectivity index (χ2v) is 6.96. The summed E-state index contributed by atoms with van der Waals surface area (Å²) >= 11 is 0. The molecule has 0 amide bonds. The van der Waals surface area contributed by atoms with Crippen molar-refractivity contribution in [1.82, 2.24) is 0 Å². The maximum atomic E-state index is 11.1. The molecule has 0 aliphatic heterocycles. The smallest absolute Gasteiger partial charge is 0.481 e. The van der Waals surface area contributed by atoms with Crippen LogP contribution < -0.4 is 4.74 Å². The lowest BCUT2D eigenvalue weighted by atomic mass is 9.75. The van der Waals surface area contributed by atoms with Crippen molar-refractivity contribution in [3.8, 4) is 5.75 Å². The monoisotopic (exact) mass is 338 g/mol. The van der Waals surface area contributed by atoms with Crippen LogP contribution in [0, 0.1) is 0 Å². The number of carbonyl (C=O) groups is 3. The van der Waals surface area contributed by atoms with E-state index in [1.807, 2.05) is 0 Å². The first-order valence-electron chi connectivity index (χ1n) is 7.35. The predicted molar refractivity (Wildman–Crippen MR) is 85.7 cm³/mol. The Balaban J connectivity index is 3.57. The number of carboxylic acids is 2. The van der Waals surface area contributed by atoms with Gasteiger partial charge in [0.05, 0.1) is 12.8 Å². The highest BCUT2D eigenvalue weighted by molar-refractivity contribution is 5.72. The topological polar surface area (TPSA) is 121 Å². The summed E-state index contributed by atoms with van der Waals surface area (Å²) < 4.78 is 4.94. The molecule has 24 heavy (non-hydrogen) atoms. The van der Waals surface area contributed by atoms with Gasteiger partial charge < -0.3 is 20.1 Å². The van der Waals surface area contributed by atoms with Crippen molar-refractivity contribution in [2.24, 2.45) is 0 Å². The first-order chi connectivity index (χ1) is 10.9. The second-order valence-electron chi connectivity index (χ2n) is 6.96. The molecular weight excluding hydrogens is 316 g/mol. The maximum Gasteiger partial charge on any atom is 0.511 e. The van der Waals surface area contributed by atoms with E-state index in [-0.39, 0.29) is 18.6 Å². The van der Waals surface area contributed by atoms with Crippen LogP contribution in [0.2, 0.25) is 0 Å². The van der Waals surface area contributed by atoms with E-state index in [4.69, 9.17) is 20.1 Å². The molecule has 0 bridgehead atoms. The van der Waals surface area contributed by atoms with E-state index < -0.39 is 28.9 Å². The van der Waals surface area contributed by atoms with Crippen molar-refractivity contribution >= 4 is 18.1 Å². The molecule has 7 nitrogen and oxygen atoms in total. The molecule has 0 aliphatic rings. The number of aliphatic carboxylic acids is 2. The van der Waals surface area contributed by atoms with Crippen molar-refractivity contribution in [3.05, 3.63) is 29.3 Å². The Morgan fingerprint density at radius 2 is 1.25 bits per heavy atom. The van der Waals surface area contributed by atoms with Crippen molar-refractivity contribution in [3.63, 3.8) is 0 Å². The van der Waals surface area contributed by atoms with E-state index in [1.54, 1.807) is 45.9 Å². The maximum absolute atomic E-state index is 11.1. The molecule has 0 spiro atoms. The number of rotatable bonds is 7. The zero-order valence-corrected chi connectivity index (χ0v) is 14.1. The number of para-hydroxylation sites is 1. The van der Waals surface area contributed by atoms with Gasteiger partial charge in [0.25, 0.3) is 0 Å². The zero-order chi connectivity index (χ0) is 18.7. The zero-order valence-electron chi connectivity index (χ0n) is 14.1. The summed E-state index contributed by atoms with van der Waals surface area (Å²) in [5.74, 6) is -2.06. The molecule has 0 saturated carbocycles. The molecule has 0 radical (unpaired) electrons. The third-order valence-corrected chi connectivity index (χ3v) is 3.85. The van der Waals surface area contributed by atoms with Gasteiger partial charge in [-0.25, -0.2) is 4.79 Å². The van der Waals surface area contributed by atoms with E-state index >= 15 is 0 Å². The summed E-state index contributed by atoms with van der Waals surface area (Å²) in [5, 5.41) is 27.2. The highest BCUT2D eigenvalue weighted by atomic mass is 16.7. The Morgan fingerprint density at radius 1 is 0.875 bits per heavy atom. The fourth-order valence-electron chi connectivity index (χ4n) is 2.75. The Morgan fingerprint density at radius 3 is 1.54 bits per heavy atom. The Kier molecular flexibility index (Phi) is 5.60. The van der Waals surface area contributed by atoms with Crippen LogP contribution in [0.4, 0.5) is 4.79 Å². The summed E-state index contributed by atoms with van der Waals surface area (Å²) in [6.45, 7) is 6.66. The highest BCUT2D eigenvalue weighted by Gasteiger charge is 2.34. The minimum atomic E-state index is -1.54. The van der Waals surface area contributed by atoms with E-state index in [0.717, 1.165) is 0 Å². The van der Waals surface area contributed by atoms with Gasteiger partial charge in [0.15, 0.2) is 0 Å². The van der Waals surface area contributed by atoms with Gasteiger partial charge in [0.2, 0.25) is 0 Å². The van der Waals surface area contributed by atoms with Crippen molar-refractivity contribution < 1.29 is 34.4 Å². The van der Waals surface area contributed by atoms with Crippen LogP contribution in [0.1, 0.15) is 51.7 Å².